The molecule has 0 aliphatic carbocycles. The molecule has 0 aliphatic heterocycles. The topological polar surface area (TPSA) is 45.2 Å². The van der Waals surface area contributed by atoms with E-state index in [1.54, 1.807) is 12.1 Å². The minimum Gasteiger partial charge on any atom is -0.508 e. The van der Waals surface area contributed by atoms with Crippen LogP contribution in [0.15, 0.2) is 24.3 Å². The van der Waals surface area contributed by atoms with Gasteiger partial charge in [0.1, 0.15) is 18.2 Å². The molecule has 0 aliphatic rings. The molecule has 0 aromatic heterocycles. The summed E-state index contributed by atoms with van der Waals surface area (Å²) in [5.74, 6) is 1.03. The number of hydrogen-bond acceptors (Lipinski definition) is 5. The molecule has 0 heterocycles. The molecule has 0 fully saturated rings. The summed E-state index contributed by atoms with van der Waals surface area (Å²) in [4.78, 5) is 5.04. The molecule has 1 aromatic rings. The zero-order chi connectivity index (χ0) is 35.5. The molecule has 0 bridgehead atoms. The molecule has 1 N–H and O–H groups in total. The molecule has 1 atom stereocenters. The third kappa shape index (κ3) is 28.0. The number of phenolic OH excluding ortho intramolecular Hbond substituents is 1. The van der Waals surface area contributed by atoms with E-state index in [4.69, 9.17) is 9.47 Å². The number of nitrogens with zero attached hydrogens (tertiary/aromatic N) is 2. The van der Waals surface area contributed by atoms with E-state index >= 15 is 0 Å². The fourth-order valence-electron chi connectivity index (χ4n) is 6.72. The Labute approximate surface area is 306 Å². The molecular weight excluding hydrogens is 604 g/mol. The van der Waals surface area contributed by atoms with E-state index in [1.807, 2.05) is 12.1 Å². The van der Waals surface area contributed by atoms with Gasteiger partial charge in [-0.1, -0.05) is 182 Å². The van der Waals surface area contributed by atoms with Crippen molar-refractivity contribution in [2.75, 3.05) is 32.9 Å². The van der Waals surface area contributed by atoms with Crippen LogP contribution in [-0.4, -0.2) is 54.2 Å². The second-order valence-electron chi connectivity index (χ2n) is 14.9. The molecule has 1 aromatic carbocycles. The predicted octanol–water partition coefficient (Wildman–Crippen LogP) is 13.6. The van der Waals surface area contributed by atoms with E-state index in [9.17, 15) is 5.11 Å². The maximum absolute atomic E-state index is 9.94. The number of rotatable bonds is 38. The van der Waals surface area contributed by atoms with Gasteiger partial charge in [0.25, 0.3) is 6.41 Å². The van der Waals surface area contributed by atoms with Gasteiger partial charge in [-0.25, -0.2) is 4.90 Å². The van der Waals surface area contributed by atoms with Crippen LogP contribution in [0.1, 0.15) is 207 Å². The number of phenols is 1. The second kappa shape index (κ2) is 35.1. The fourth-order valence-corrected chi connectivity index (χ4v) is 6.72. The van der Waals surface area contributed by atoms with Crippen LogP contribution in [0, 0.1) is 0 Å². The van der Waals surface area contributed by atoms with E-state index in [-0.39, 0.29) is 5.75 Å². The largest absolute Gasteiger partial charge is 0.508 e. The van der Waals surface area contributed by atoms with Crippen LogP contribution in [0.4, 0.5) is 0 Å². The Morgan fingerprint density at radius 3 is 1.14 bits per heavy atom. The van der Waals surface area contributed by atoms with E-state index in [1.165, 1.54) is 180 Å². The van der Waals surface area contributed by atoms with Crippen LogP contribution in [-0.2, 0) is 4.74 Å². The standard InChI is InChI=1S/C44H84N2O3/c1-5-9-13-17-21-25-29-37-45(38-30-26-22-18-14-10-6-2)41-48-44(49-43-35-33-42(47)34-36-43)46(39-31-27-23-19-15-11-7-3)40-32-28-24-20-16-12-8-4/h33-36,44,47H,5-32,37-41H2,1-4H3. The van der Waals surface area contributed by atoms with E-state index < -0.39 is 6.41 Å². The fraction of sp³-hybridized carbons (Fsp3) is 0.864. The van der Waals surface area contributed by atoms with E-state index in [2.05, 4.69) is 37.5 Å². The summed E-state index contributed by atoms with van der Waals surface area (Å²) in [5, 5.41) is 9.94. The number of benzene rings is 1. The van der Waals surface area contributed by atoms with Gasteiger partial charge in [-0.15, -0.1) is 0 Å². The SMILES string of the molecule is CCCCCCCCCN(CCCCCCCCC)COC(Oc1ccc(O)cc1)N(CCCCCCCCC)CCCCCCCCC. The zero-order valence-corrected chi connectivity index (χ0v) is 33.4. The van der Waals surface area contributed by atoms with Gasteiger partial charge < -0.3 is 14.6 Å². The Morgan fingerprint density at radius 1 is 0.449 bits per heavy atom. The van der Waals surface area contributed by atoms with Gasteiger partial charge in [-0.05, 0) is 49.9 Å². The summed E-state index contributed by atoms with van der Waals surface area (Å²) in [6, 6.07) is 7.19. The predicted molar refractivity (Wildman–Crippen MR) is 214 cm³/mol. The normalized spacial score (nSPS) is 12.4. The summed E-state index contributed by atoms with van der Waals surface area (Å²) in [6.07, 6.45) is 36.5. The van der Waals surface area contributed by atoms with Crippen molar-refractivity contribution in [3.63, 3.8) is 0 Å². The van der Waals surface area contributed by atoms with Crippen molar-refractivity contribution < 1.29 is 14.6 Å². The minimum absolute atomic E-state index is 0.267. The molecule has 1 rings (SSSR count). The van der Waals surface area contributed by atoms with Gasteiger partial charge in [-0.3, -0.25) is 4.90 Å². The third-order valence-corrected chi connectivity index (χ3v) is 10.0. The van der Waals surface area contributed by atoms with Gasteiger partial charge in [-0.2, -0.15) is 0 Å². The van der Waals surface area contributed by atoms with Gasteiger partial charge in [0.05, 0.1) is 0 Å². The van der Waals surface area contributed by atoms with Gasteiger partial charge in [0, 0.05) is 26.2 Å². The van der Waals surface area contributed by atoms with Crippen molar-refractivity contribution >= 4 is 0 Å². The highest BCUT2D eigenvalue weighted by molar-refractivity contribution is 5.30. The van der Waals surface area contributed by atoms with E-state index in [0.717, 1.165) is 31.9 Å². The van der Waals surface area contributed by atoms with Crippen LogP contribution in [0.3, 0.4) is 0 Å². The minimum atomic E-state index is -0.421. The lowest BCUT2D eigenvalue weighted by Crippen LogP contribution is -2.45. The lowest BCUT2D eigenvalue weighted by atomic mass is 10.1. The average Bonchev–Trinajstić information content (AvgIpc) is 3.11. The first-order valence-corrected chi connectivity index (χ1v) is 21.7. The highest BCUT2D eigenvalue weighted by Gasteiger charge is 2.22. The molecule has 5 nitrogen and oxygen atoms in total. The summed E-state index contributed by atoms with van der Waals surface area (Å²) in [7, 11) is 0. The molecule has 5 heteroatoms. The van der Waals surface area contributed by atoms with Gasteiger partial charge in [0.15, 0.2) is 0 Å². The quantitative estimate of drug-likeness (QED) is 0.0553. The lowest BCUT2D eigenvalue weighted by molar-refractivity contribution is -0.198. The number of ether oxygens (including phenoxy) is 2. The van der Waals surface area contributed by atoms with Crippen molar-refractivity contribution in [1.29, 1.82) is 0 Å². The Bertz CT molecular complexity index is 753. The molecular formula is C44H84N2O3. The van der Waals surface area contributed by atoms with Crippen LogP contribution in [0.2, 0.25) is 0 Å². The molecule has 0 saturated carbocycles. The molecule has 0 saturated heterocycles. The lowest BCUT2D eigenvalue weighted by Gasteiger charge is -2.33. The average molecular weight is 689 g/mol. The second-order valence-corrected chi connectivity index (χ2v) is 14.9. The Kier molecular flexibility index (Phi) is 32.8. The summed E-state index contributed by atoms with van der Waals surface area (Å²) < 4.78 is 13.4. The number of unbranched alkanes of at least 4 members (excludes halogenated alkanes) is 24. The first kappa shape index (κ1) is 45.7. The smallest absolute Gasteiger partial charge is 0.263 e. The van der Waals surface area contributed by atoms with E-state index in [0.29, 0.717) is 6.73 Å². The van der Waals surface area contributed by atoms with Crippen molar-refractivity contribution in [3.8, 4) is 11.5 Å². The molecule has 0 amide bonds. The van der Waals surface area contributed by atoms with Crippen LogP contribution >= 0.6 is 0 Å². The maximum atomic E-state index is 9.94. The highest BCUT2D eigenvalue weighted by Crippen LogP contribution is 2.21. The Balaban J connectivity index is 2.92. The van der Waals surface area contributed by atoms with Gasteiger partial charge >= 0.3 is 0 Å². The first-order valence-electron chi connectivity index (χ1n) is 21.7. The van der Waals surface area contributed by atoms with Crippen molar-refractivity contribution in [2.45, 2.75) is 214 Å². The summed E-state index contributed by atoms with van der Waals surface area (Å²) in [6.45, 7) is 14.0. The third-order valence-electron chi connectivity index (χ3n) is 10.0. The molecule has 1 unspecified atom stereocenters. The molecule has 0 spiro atoms. The van der Waals surface area contributed by atoms with Crippen molar-refractivity contribution in [1.82, 2.24) is 9.80 Å². The number of hydrogen-bond donors (Lipinski definition) is 1. The van der Waals surface area contributed by atoms with Crippen molar-refractivity contribution in [2.24, 2.45) is 0 Å². The molecule has 288 valence electrons. The maximum Gasteiger partial charge on any atom is 0.263 e. The Hall–Kier alpha value is -1.30. The van der Waals surface area contributed by atoms with Crippen LogP contribution in [0.5, 0.6) is 11.5 Å². The monoisotopic (exact) mass is 689 g/mol. The Morgan fingerprint density at radius 2 is 0.776 bits per heavy atom. The van der Waals surface area contributed by atoms with Crippen LogP contribution in [0.25, 0.3) is 0 Å². The van der Waals surface area contributed by atoms with Crippen LogP contribution < -0.4 is 4.74 Å². The molecule has 49 heavy (non-hydrogen) atoms. The zero-order valence-electron chi connectivity index (χ0n) is 33.4. The molecule has 0 radical (unpaired) electrons. The van der Waals surface area contributed by atoms with Crippen molar-refractivity contribution in [3.05, 3.63) is 24.3 Å². The van der Waals surface area contributed by atoms with Gasteiger partial charge in [0.2, 0.25) is 0 Å². The summed E-state index contributed by atoms with van der Waals surface area (Å²) in [5.41, 5.74) is 0. The number of aromatic hydroxyl groups is 1. The highest BCUT2D eigenvalue weighted by atomic mass is 16.7. The first-order chi connectivity index (χ1) is 24.1. The summed E-state index contributed by atoms with van der Waals surface area (Å²) >= 11 is 0.